The summed E-state index contributed by atoms with van der Waals surface area (Å²) in [5, 5.41) is 0. The zero-order valence-electron chi connectivity index (χ0n) is 11.7. The quantitative estimate of drug-likeness (QED) is 0.595. The van der Waals surface area contributed by atoms with Crippen LogP contribution in [0.25, 0.3) is 0 Å². The number of nitrogens with zero attached hydrogens (tertiary/aromatic N) is 2. The lowest BCUT2D eigenvalue weighted by Gasteiger charge is -2.31. The summed E-state index contributed by atoms with van der Waals surface area (Å²) in [5.41, 5.74) is 0. The molecule has 19 heavy (non-hydrogen) atoms. The van der Waals surface area contributed by atoms with Crippen LogP contribution in [0.1, 0.15) is 23.0 Å². The second kappa shape index (κ2) is 7.43. The van der Waals surface area contributed by atoms with Gasteiger partial charge in [-0.2, -0.15) is 0 Å². The van der Waals surface area contributed by atoms with Gasteiger partial charge in [-0.25, -0.2) is 0 Å². The summed E-state index contributed by atoms with van der Waals surface area (Å²) in [7, 11) is 2.13. The molecule has 1 aliphatic heterocycles. The molecule has 0 spiro atoms. The van der Waals surface area contributed by atoms with E-state index >= 15 is 0 Å². The summed E-state index contributed by atoms with van der Waals surface area (Å²) in [4.78, 5) is 17.7. The molecule has 5 heteroatoms. The van der Waals surface area contributed by atoms with E-state index < -0.39 is 0 Å². The van der Waals surface area contributed by atoms with Crippen LogP contribution in [0.15, 0.2) is 16.3 Å². The van der Waals surface area contributed by atoms with E-state index in [0.29, 0.717) is 6.54 Å². The molecule has 0 bridgehead atoms. The Morgan fingerprint density at radius 1 is 1.32 bits per heavy atom. The van der Waals surface area contributed by atoms with E-state index in [0.717, 1.165) is 36.8 Å². The van der Waals surface area contributed by atoms with Crippen LogP contribution in [-0.2, 0) is 0 Å². The van der Waals surface area contributed by atoms with Gasteiger partial charge in [0.15, 0.2) is 5.78 Å². The molecule has 1 aromatic rings. The molecule has 2 heterocycles. The van der Waals surface area contributed by atoms with Crippen molar-refractivity contribution in [3.63, 3.8) is 0 Å². The zero-order valence-corrected chi connectivity index (χ0v) is 13.4. The molecular formula is C14H22N2OS2. The molecule has 0 saturated carbocycles. The first-order valence-electron chi connectivity index (χ1n) is 6.85. The number of hydrogen-bond acceptors (Lipinski definition) is 5. The molecule has 0 amide bonds. The highest BCUT2D eigenvalue weighted by atomic mass is 32.2. The summed E-state index contributed by atoms with van der Waals surface area (Å²) >= 11 is 3.50. The van der Waals surface area contributed by atoms with Gasteiger partial charge in [-0.05, 0) is 31.4 Å². The predicted molar refractivity (Wildman–Crippen MR) is 83.6 cm³/mol. The van der Waals surface area contributed by atoms with E-state index in [1.165, 1.54) is 10.6 Å². The normalized spacial score (nSPS) is 17.8. The van der Waals surface area contributed by atoms with E-state index in [-0.39, 0.29) is 5.78 Å². The number of ketones is 1. The number of carbonyl (C=O) groups is 1. The Bertz CT molecular complexity index is 411. The average Bonchev–Trinajstić information content (AvgIpc) is 2.88. The Morgan fingerprint density at radius 2 is 2.05 bits per heavy atom. The molecule has 0 atom stereocenters. The highest BCUT2D eigenvalue weighted by molar-refractivity contribution is 8.01. The lowest BCUT2D eigenvalue weighted by atomic mass is 10.2. The molecule has 1 fully saturated rings. The van der Waals surface area contributed by atoms with E-state index in [1.807, 2.05) is 17.8 Å². The zero-order chi connectivity index (χ0) is 13.7. The van der Waals surface area contributed by atoms with Crippen LogP contribution >= 0.6 is 23.1 Å². The number of Topliss-reactive ketones (excluding diaryl/α,β-unsaturated/α-hetero) is 1. The van der Waals surface area contributed by atoms with Crippen LogP contribution in [0.3, 0.4) is 0 Å². The first-order chi connectivity index (χ1) is 9.19. The first-order valence-corrected chi connectivity index (χ1v) is 8.66. The fourth-order valence-corrected chi connectivity index (χ4v) is 4.03. The minimum Gasteiger partial charge on any atom is -0.304 e. The standard InChI is InChI=1S/C14H22N2OS2/c1-3-10-18-14-5-4-13(19-14)12(17)11-16-8-6-15(2)7-9-16/h4-5H,3,6-11H2,1-2H3. The summed E-state index contributed by atoms with van der Waals surface area (Å²) in [5.74, 6) is 1.41. The van der Waals surface area contributed by atoms with Crippen molar-refractivity contribution in [3.8, 4) is 0 Å². The SMILES string of the molecule is CCCSc1ccc(C(=O)CN2CCN(C)CC2)s1. The molecular weight excluding hydrogens is 276 g/mol. The Labute approximate surface area is 124 Å². The van der Waals surface area contributed by atoms with Crippen LogP contribution < -0.4 is 0 Å². The van der Waals surface area contributed by atoms with E-state index in [9.17, 15) is 4.79 Å². The van der Waals surface area contributed by atoms with E-state index in [1.54, 1.807) is 11.3 Å². The van der Waals surface area contributed by atoms with E-state index in [4.69, 9.17) is 0 Å². The van der Waals surface area contributed by atoms with Crippen LogP contribution in [0, 0.1) is 0 Å². The van der Waals surface area contributed by atoms with E-state index in [2.05, 4.69) is 29.8 Å². The Balaban J connectivity index is 1.84. The number of thioether (sulfide) groups is 1. The van der Waals surface area contributed by atoms with Crippen LogP contribution in [0.5, 0.6) is 0 Å². The molecule has 1 aromatic heterocycles. The van der Waals surface area contributed by atoms with Gasteiger partial charge in [0, 0.05) is 26.2 Å². The second-order valence-corrected chi connectivity index (χ2v) is 7.45. The van der Waals surface area contributed by atoms with Crippen LogP contribution in [-0.4, -0.2) is 61.1 Å². The first kappa shape index (κ1) is 15.0. The summed E-state index contributed by atoms with van der Waals surface area (Å²) in [6.45, 7) is 6.90. The van der Waals surface area contributed by atoms with Crippen molar-refractivity contribution in [2.75, 3.05) is 45.5 Å². The van der Waals surface area contributed by atoms with Crippen molar-refractivity contribution < 1.29 is 4.79 Å². The van der Waals surface area contributed by atoms with Crippen molar-refractivity contribution in [1.29, 1.82) is 0 Å². The highest BCUT2D eigenvalue weighted by Crippen LogP contribution is 2.28. The van der Waals surface area contributed by atoms with Gasteiger partial charge in [0.05, 0.1) is 15.6 Å². The van der Waals surface area contributed by atoms with Gasteiger partial charge in [-0.1, -0.05) is 6.92 Å². The molecule has 0 aromatic carbocycles. The molecule has 1 saturated heterocycles. The molecule has 1 aliphatic rings. The number of rotatable bonds is 6. The molecule has 3 nitrogen and oxygen atoms in total. The number of piperazine rings is 1. The van der Waals surface area contributed by atoms with Gasteiger partial charge in [0.1, 0.15) is 0 Å². The monoisotopic (exact) mass is 298 g/mol. The molecule has 0 unspecified atom stereocenters. The molecule has 106 valence electrons. The fourth-order valence-electron chi connectivity index (χ4n) is 2.04. The van der Waals surface area contributed by atoms with Gasteiger partial charge in [0.25, 0.3) is 0 Å². The lowest BCUT2D eigenvalue weighted by molar-refractivity contribution is 0.0880. The summed E-state index contributed by atoms with van der Waals surface area (Å²) in [6.07, 6.45) is 1.17. The molecule has 2 rings (SSSR count). The van der Waals surface area contributed by atoms with Gasteiger partial charge < -0.3 is 4.90 Å². The van der Waals surface area contributed by atoms with Crippen molar-refractivity contribution in [3.05, 3.63) is 17.0 Å². The Kier molecular flexibility index (Phi) is 5.88. The second-order valence-electron chi connectivity index (χ2n) is 4.97. The molecule has 0 radical (unpaired) electrons. The Morgan fingerprint density at radius 3 is 2.74 bits per heavy atom. The number of likely N-dealkylation sites (N-methyl/N-ethyl adjacent to an activating group) is 1. The third-order valence-corrected chi connectivity index (χ3v) is 5.83. The smallest absolute Gasteiger partial charge is 0.186 e. The average molecular weight is 298 g/mol. The number of carbonyl (C=O) groups excluding carboxylic acids is 1. The maximum atomic E-state index is 12.2. The third kappa shape index (κ3) is 4.60. The Hall–Kier alpha value is -0.360. The van der Waals surface area contributed by atoms with Gasteiger partial charge in [-0.15, -0.1) is 23.1 Å². The maximum Gasteiger partial charge on any atom is 0.186 e. The predicted octanol–water partition coefficient (Wildman–Crippen LogP) is 2.68. The maximum absolute atomic E-state index is 12.2. The largest absolute Gasteiger partial charge is 0.304 e. The summed E-state index contributed by atoms with van der Waals surface area (Å²) in [6, 6.07) is 4.07. The fraction of sp³-hybridized carbons (Fsp3) is 0.643. The van der Waals surface area contributed by atoms with Crippen LogP contribution in [0.4, 0.5) is 0 Å². The van der Waals surface area contributed by atoms with Gasteiger partial charge in [0.2, 0.25) is 0 Å². The molecule has 0 aliphatic carbocycles. The van der Waals surface area contributed by atoms with Crippen molar-refractivity contribution in [2.45, 2.75) is 17.6 Å². The minimum absolute atomic E-state index is 0.276. The van der Waals surface area contributed by atoms with Crippen molar-refractivity contribution >= 4 is 28.9 Å². The lowest BCUT2D eigenvalue weighted by Crippen LogP contribution is -2.46. The van der Waals surface area contributed by atoms with Gasteiger partial charge in [-0.3, -0.25) is 9.69 Å². The van der Waals surface area contributed by atoms with Crippen molar-refractivity contribution in [2.24, 2.45) is 0 Å². The van der Waals surface area contributed by atoms with Gasteiger partial charge >= 0.3 is 0 Å². The topological polar surface area (TPSA) is 23.6 Å². The highest BCUT2D eigenvalue weighted by Gasteiger charge is 2.18. The number of hydrogen-bond donors (Lipinski definition) is 0. The van der Waals surface area contributed by atoms with Crippen LogP contribution in [0.2, 0.25) is 0 Å². The number of thiophene rings is 1. The summed E-state index contributed by atoms with van der Waals surface area (Å²) < 4.78 is 1.27. The molecule has 0 N–H and O–H groups in total. The third-order valence-electron chi connectivity index (χ3n) is 3.27. The minimum atomic E-state index is 0.276. The van der Waals surface area contributed by atoms with Crippen molar-refractivity contribution in [1.82, 2.24) is 9.80 Å².